The van der Waals surface area contributed by atoms with E-state index >= 15 is 0 Å². The van der Waals surface area contributed by atoms with Crippen molar-refractivity contribution in [2.24, 2.45) is 0 Å². The molecular formula is C21H26N4O2. The van der Waals surface area contributed by atoms with Gasteiger partial charge >= 0.3 is 6.03 Å². The molecule has 142 valence electrons. The number of carbonyl (C=O) groups is 1. The molecule has 0 fully saturated rings. The van der Waals surface area contributed by atoms with Crippen LogP contribution < -0.4 is 16.2 Å². The largest absolute Gasteiger partial charge is 0.323 e. The molecule has 0 saturated heterocycles. The third-order valence-corrected chi connectivity index (χ3v) is 4.50. The van der Waals surface area contributed by atoms with Crippen LogP contribution in [-0.4, -0.2) is 15.8 Å². The minimum absolute atomic E-state index is 0.148. The highest BCUT2D eigenvalue weighted by Gasteiger charge is 2.09. The van der Waals surface area contributed by atoms with E-state index in [1.54, 1.807) is 12.1 Å². The van der Waals surface area contributed by atoms with Gasteiger partial charge in [-0.2, -0.15) is 0 Å². The average Bonchev–Trinajstić information content (AvgIpc) is 2.97. The van der Waals surface area contributed by atoms with Gasteiger partial charge in [-0.05, 0) is 55.2 Å². The Labute approximate surface area is 158 Å². The molecule has 0 saturated carbocycles. The maximum absolute atomic E-state index is 12.3. The maximum Gasteiger partial charge on any atom is 0.323 e. The second-order valence-corrected chi connectivity index (χ2v) is 6.70. The van der Waals surface area contributed by atoms with Gasteiger partial charge in [-0.3, -0.25) is 14.6 Å². The molecule has 3 N–H and O–H groups in total. The zero-order chi connectivity index (χ0) is 19.2. The summed E-state index contributed by atoms with van der Waals surface area (Å²) in [6, 6.07) is 12.9. The van der Waals surface area contributed by atoms with Gasteiger partial charge in [0.15, 0.2) is 0 Å². The van der Waals surface area contributed by atoms with Crippen LogP contribution in [0.4, 0.5) is 16.2 Å². The van der Waals surface area contributed by atoms with Crippen LogP contribution in [0.15, 0.2) is 47.3 Å². The number of hydrogen-bond acceptors (Lipinski definition) is 2. The van der Waals surface area contributed by atoms with Crippen molar-refractivity contribution in [2.45, 2.75) is 46.1 Å². The molecule has 3 rings (SSSR count). The van der Waals surface area contributed by atoms with Crippen LogP contribution in [-0.2, 0) is 13.0 Å². The molecule has 1 aromatic heterocycles. The maximum atomic E-state index is 12.3. The summed E-state index contributed by atoms with van der Waals surface area (Å²) in [5.41, 5.74) is 3.28. The zero-order valence-corrected chi connectivity index (χ0v) is 15.8. The van der Waals surface area contributed by atoms with Gasteiger partial charge in [0.05, 0.1) is 10.9 Å². The molecule has 0 spiro atoms. The molecule has 0 aliphatic heterocycles. The Kier molecular flexibility index (Phi) is 5.96. The lowest BCUT2D eigenvalue weighted by atomic mass is 10.1. The fraction of sp³-hybridized carbons (Fsp3) is 0.333. The predicted molar refractivity (Wildman–Crippen MR) is 111 cm³/mol. The number of anilines is 2. The normalized spacial score (nSPS) is 10.9. The van der Waals surface area contributed by atoms with Gasteiger partial charge in [0.1, 0.15) is 0 Å². The molecule has 0 unspecified atom stereocenters. The molecule has 0 atom stereocenters. The van der Waals surface area contributed by atoms with Crippen LogP contribution in [0.1, 0.15) is 38.7 Å². The van der Waals surface area contributed by atoms with Gasteiger partial charge < -0.3 is 10.6 Å². The molecular weight excluding hydrogens is 340 g/mol. The fourth-order valence-electron chi connectivity index (χ4n) is 3.10. The first-order valence-electron chi connectivity index (χ1n) is 9.50. The highest BCUT2D eigenvalue weighted by atomic mass is 16.2. The molecule has 0 aliphatic rings. The van der Waals surface area contributed by atoms with Gasteiger partial charge in [0, 0.05) is 17.9 Å². The summed E-state index contributed by atoms with van der Waals surface area (Å²) in [5, 5.41) is 9.01. The number of nitrogens with one attached hydrogen (secondary N) is 3. The SMILES string of the molecule is CCCCc1ccc(NC(=O)Nc2ccc3c(c2)c(=O)[nH]n3CCC)cc1. The number of nitrogens with zero attached hydrogens (tertiary/aromatic N) is 1. The van der Waals surface area contributed by atoms with E-state index in [1.807, 2.05) is 35.0 Å². The summed E-state index contributed by atoms with van der Waals surface area (Å²) in [7, 11) is 0. The van der Waals surface area contributed by atoms with Crippen molar-refractivity contribution in [3.8, 4) is 0 Å². The topological polar surface area (TPSA) is 78.9 Å². The first-order chi connectivity index (χ1) is 13.1. The lowest BCUT2D eigenvalue weighted by Crippen LogP contribution is -2.19. The standard InChI is InChI=1S/C21H26N4O2/c1-3-5-6-15-7-9-16(10-8-15)22-21(27)23-17-11-12-19-18(14-17)20(26)24-25(19)13-4-2/h7-12,14H,3-6,13H2,1-2H3,(H,24,26)(H2,22,23,27). The number of aryl methyl sites for hydroxylation is 2. The Morgan fingerprint density at radius 3 is 2.41 bits per heavy atom. The number of benzene rings is 2. The summed E-state index contributed by atoms with van der Waals surface area (Å²) in [4.78, 5) is 24.4. The number of unbranched alkanes of at least 4 members (excludes halogenated alkanes) is 1. The number of amides is 2. The first-order valence-corrected chi connectivity index (χ1v) is 9.50. The lowest BCUT2D eigenvalue weighted by Gasteiger charge is -2.09. The van der Waals surface area contributed by atoms with E-state index in [2.05, 4.69) is 29.6 Å². The predicted octanol–water partition coefficient (Wildman–Crippen LogP) is 4.73. The minimum Gasteiger partial charge on any atom is -0.308 e. The Balaban J connectivity index is 1.67. The number of urea groups is 1. The molecule has 0 aliphatic carbocycles. The van der Waals surface area contributed by atoms with Crippen LogP contribution in [0, 0.1) is 0 Å². The molecule has 1 heterocycles. The Morgan fingerprint density at radius 1 is 1.00 bits per heavy atom. The second kappa shape index (κ2) is 8.58. The number of carbonyl (C=O) groups excluding carboxylic acids is 1. The molecule has 0 bridgehead atoms. The fourth-order valence-corrected chi connectivity index (χ4v) is 3.10. The Hall–Kier alpha value is -3.02. The highest BCUT2D eigenvalue weighted by Crippen LogP contribution is 2.17. The number of aromatic amines is 1. The van der Waals surface area contributed by atoms with E-state index in [1.165, 1.54) is 5.56 Å². The quantitative estimate of drug-likeness (QED) is 0.565. The number of hydrogen-bond donors (Lipinski definition) is 3. The molecule has 6 nitrogen and oxygen atoms in total. The second-order valence-electron chi connectivity index (χ2n) is 6.70. The van der Waals surface area contributed by atoms with Crippen molar-refractivity contribution < 1.29 is 4.79 Å². The molecule has 3 aromatic rings. The van der Waals surface area contributed by atoms with E-state index in [4.69, 9.17) is 0 Å². The van der Waals surface area contributed by atoms with Crippen molar-refractivity contribution in [2.75, 3.05) is 10.6 Å². The van der Waals surface area contributed by atoms with E-state index in [-0.39, 0.29) is 11.6 Å². The van der Waals surface area contributed by atoms with Crippen LogP contribution in [0.5, 0.6) is 0 Å². The lowest BCUT2D eigenvalue weighted by molar-refractivity contribution is 0.262. The Bertz CT molecular complexity index is 970. The number of rotatable bonds is 7. The minimum atomic E-state index is -0.333. The van der Waals surface area contributed by atoms with Gasteiger partial charge in [0.2, 0.25) is 0 Å². The van der Waals surface area contributed by atoms with Crippen LogP contribution >= 0.6 is 0 Å². The number of aromatic nitrogens is 2. The van der Waals surface area contributed by atoms with Gasteiger partial charge in [-0.25, -0.2) is 4.79 Å². The number of fused-ring (bicyclic) bond motifs is 1. The molecule has 6 heteroatoms. The summed E-state index contributed by atoms with van der Waals surface area (Å²) in [5.74, 6) is 0. The van der Waals surface area contributed by atoms with Crippen molar-refractivity contribution in [3.63, 3.8) is 0 Å². The van der Waals surface area contributed by atoms with Crippen molar-refractivity contribution in [3.05, 3.63) is 58.4 Å². The third-order valence-electron chi connectivity index (χ3n) is 4.50. The van der Waals surface area contributed by atoms with Gasteiger partial charge in [0.25, 0.3) is 5.56 Å². The van der Waals surface area contributed by atoms with E-state index in [9.17, 15) is 9.59 Å². The average molecular weight is 366 g/mol. The van der Waals surface area contributed by atoms with Crippen molar-refractivity contribution in [1.29, 1.82) is 0 Å². The third kappa shape index (κ3) is 4.58. The number of H-pyrrole nitrogens is 1. The monoisotopic (exact) mass is 366 g/mol. The summed E-state index contributed by atoms with van der Waals surface area (Å²) < 4.78 is 1.83. The zero-order valence-electron chi connectivity index (χ0n) is 15.8. The highest BCUT2D eigenvalue weighted by molar-refractivity contribution is 6.00. The summed E-state index contributed by atoms with van der Waals surface area (Å²) in [6.45, 7) is 4.98. The van der Waals surface area contributed by atoms with Crippen molar-refractivity contribution >= 4 is 28.3 Å². The van der Waals surface area contributed by atoms with E-state index in [0.29, 0.717) is 11.1 Å². The summed E-state index contributed by atoms with van der Waals surface area (Å²) in [6.07, 6.45) is 4.31. The smallest absolute Gasteiger partial charge is 0.308 e. The molecule has 27 heavy (non-hydrogen) atoms. The first kappa shape index (κ1) is 18.8. The molecule has 2 amide bonds. The molecule has 2 aromatic carbocycles. The van der Waals surface area contributed by atoms with Gasteiger partial charge in [-0.15, -0.1) is 0 Å². The van der Waals surface area contributed by atoms with E-state index < -0.39 is 0 Å². The van der Waals surface area contributed by atoms with Gasteiger partial charge in [-0.1, -0.05) is 32.4 Å². The van der Waals surface area contributed by atoms with Crippen LogP contribution in [0.2, 0.25) is 0 Å². The van der Waals surface area contributed by atoms with Crippen molar-refractivity contribution in [1.82, 2.24) is 9.78 Å². The summed E-state index contributed by atoms with van der Waals surface area (Å²) >= 11 is 0. The molecule has 0 radical (unpaired) electrons. The van der Waals surface area contributed by atoms with Crippen LogP contribution in [0.3, 0.4) is 0 Å². The van der Waals surface area contributed by atoms with E-state index in [0.717, 1.165) is 43.4 Å². The Morgan fingerprint density at radius 2 is 1.70 bits per heavy atom. The van der Waals surface area contributed by atoms with Crippen LogP contribution in [0.25, 0.3) is 10.9 Å².